The second kappa shape index (κ2) is 9.31. The van der Waals surface area contributed by atoms with Crippen molar-refractivity contribution in [3.05, 3.63) is 23.3 Å². The van der Waals surface area contributed by atoms with Gasteiger partial charge in [0.25, 0.3) is 20.2 Å². The van der Waals surface area contributed by atoms with Gasteiger partial charge < -0.3 is 9.47 Å². The number of rotatable bonds is 7. The van der Waals surface area contributed by atoms with E-state index in [2.05, 4.69) is 4.74 Å². The van der Waals surface area contributed by atoms with Crippen molar-refractivity contribution < 1.29 is 57.8 Å². The van der Waals surface area contributed by atoms with Crippen LogP contribution < -0.4 is 10.9 Å². The van der Waals surface area contributed by atoms with E-state index in [0.717, 1.165) is 10.9 Å². The van der Waals surface area contributed by atoms with Crippen molar-refractivity contribution in [2.45, 2.75) is 42.5 Å². The van der Waals surface area contributed by atoms with Gasteiger partial charge in [0, 0.05) is 11.8 Å². The number of alkyl halides is 3. The second-order valence-corrected chi connectivity index (χ2v) is 12.9. The predicted octanol–water partition coefficient (Wildman–Crippen LogP) is -3.41. The Hall–Kier alpha value is -2.04. The lowest BCUT2D eigenvalue weighted by atomic mass is 9.77. The molecule has 0 aromatic heterocycles. The van der Waals surface area contributed by atoms with Gasteiger partial charge in [-0.3, -0.25) is 13.5 Å². The zero-order valence-electron chi connectivity index (χ0n) is 19.9. The smallest absolute Gasteiger partial charge is 0.426 e. The van der Waals surface area contributed by atoms with Gasteiger partial charge in [-0.2, -0.15) is 30.0 Å². The molecule has 0 spiro atoms. The average Bonchev–Trinajstić information content (AvgIpc) is 3.33. The number of carbonyl (C=O) groups excluding carboxylic acids is 2. The van der Waals surface area contributed by atoms with E-state index < -0.39 is 85.4 Å². The Bertz CT molecular complexity index is 1350. The molecule has 1 aliphatic heterocycles. The summed E-state index contributed by atoms with van der Waals surface area (Å²) < 4.78 is 111. The minimum absolute atomic E-state index is 0.00867. The van der Waals surface area contributed by atoms with Crippen molar-refractivity contribution >= 4 is 66.6 Å². The number of esters is 2. The number of ether oxygens (including phenoxy) is 2. The van der Waals surface area contributed by atoms with Crippen molar-refractivity contribution in [3.8, 4) is 0 Å². The van der Waals surface area contributed by atoms with Crippen molar-refractivity contribution in [2.75, 3.05) is 5.75 Å². The molecule has 18 heteroatoms. The first kappa shape index (κ1) is 28.0. The maximum absolute atomic E-state index is 13.3. The van der Waals surface area contributed by atoms with E-state index in [1.165, 1.54) is 0 Å². The van der Waals surface area contributed by atoms with Gasteiger partial charge in [0.15, 0.2) is 0 Å². The molecule has 37 heavy (non-hydrogen) atoms. The zero-order valence-corrected chi connectivity index (χ0v) is 21.5. The fourth-order valence-corrected chi connectivity index (χ4v) is 8.59. The lowest BCUT2D eigenvalue weighted by molar-refractivity contribution is -0.218. The zero-order chi connectivity index (χ0) is 27.7. The Labute approximate surface area is 213 Å². The molecular weight excluding hydrogens is 542 g/mol. The first-order valence-corrected chi connectivity index (χ1v) is 14.5. The number of carbonyl (C=O) groups is 2. The summed E-state index contributed by atoms with van der Waals surface area (Å²) in [7, 11) is -4.22. The molecule has 1 saturated heterocycles. The van der Waals surface area contributed by atoms with Crippen LogP contribution >= 0.6 is 0 Å². The molecule has 7 atom stereocenters. The largest absolute Gasteiger partial charge is 0.456 e. The van der Waals surface area contributed by atoms with Crippen LogP contribution in [0.5, 0.6) is 0 Å². The predicted molar refractivity (Wildman–Crippen MR) is 129 cm³/mol. The summed E-state index contributed by atoms with van der Waals surface area (Å²) in [6.07, 6.45) is -10.5. The topological polar surface area (TPSA) is 150 Å². The van der Waals surface area contributed by atoms with Gasteiger partial charge in [-0.05, 0) is 12.0 Å². The number of halogens is 3. The fourth-order valence-electron chi connectivity index (χ4n) is 5.90. The highest BCUT2D eigenvalue weighted by Gasteiger charge is 2.72. The standard InChI is InChI=1S/C19H22B3F3O10S2/c20-4-10-7(1-6(21)2-11(10)22)17(26)34-14-8-3-9-15(14)35-37(31,32)16(9)13(8)18(27)33-12(19(23,24)25)5-36(28,29)30/h1-2,8-9,12-16H,3-5,20-22H2,(H,28,29,30). The van der Waals surface area contributed by atoms with Crippen LogP contribution in [-0.2, 0) is 45.0 Å². The van der Waals surface area contributed by atoms with E-state index in [9.17, 15) is 39.6 Å². The molecule has 2 saturated carbocycles. The molecule has 0 amide bonds. The minimum Gasteiger partial charge on any atom is -0.456 e. The Morgan fingerprint density at radius 2 is 1.86 bits per heavy atom. The van der Waals surface area contributed by atoms with E-state index in [1.807, 2.05) is 21.8 Å². The van der Waals surface area contributed by atoms with Crippen LogP contribution in [0.2, 0.25) is 0 Å². The van der Waals surface area contributed by atoms with Crippen molar-refractivity contribution in [1.82, 2.24) is 0 Å². The highest BCUT2D eigenvalue weighted by molar-refractivity contribution is 7.87. The first-order valence-electron chi connectivity index (χ1n) is 11.4. The van der Waals surface area contributed by atoms with Gasteiger partial charge in [0.2, 0.25) is 6.10 Å². The monoisotopic (exact) mass is 564 g/mol. The minimum atomic E-state index is -5.36. The van der Waals surface area contributed by atoms with Crippen LogP contribution in [-0.4, -0.2) is 92.4 Å². The Morgan fingerprint density at radius 3 is 2.43 bits per heavy atom. The van der Waals surface area contributed by atoms with E-state index in [1.54, 1.807) is 13.9 Å². The molecule has 0 radical (unpaired) electrons. The molecule has 2 aliphatic carbocycles. The van der Waals surface area contributed by atoms with E-state index in [-0.39, 0.29) is 12.0 Å². The molecule has 4 rings (SSSR count). The maximum atomic E-state index is 13.3. The summed E-state index contributed by atoms with van der Waals surface area (Å²) in [5.74, 6) is -7.94. The fraction of sp³-hybridized carbons (Fsp3) is 0.579. The van der Waals surface area contributed by atoms with E-state index in [4.69, 9.17) is 13.5 Å². The van der Waals surface area contributed by atoms with E-state index in [0.29, 0.717) is 11.9 Å². The third kappa shape index (κ3) is 5.17. The van der Waals surface area contributed by atoms with Gasteiger partial charge in [0.1, 0.15) is 46.7 Å². The van der Waals surface area contributed by atoms with Gasteiger partial charge in [-0.15, -0.1) is 0 Å². The Morgan fingerprint density at radius 1 is 1.22 bits per heavy atom. The molecule has 1 N–H and O–H groups in total. The molecule has 1 aromatic rings. The van der Waals surface area contributed by atoms with Gasteiger partial charge >= 0.3 is 18.1 Å². The van der Waals surface area contributed by atoms with Crippen LogP contribution in [0.4, 0.5) is 13.2 Å². The number of benzene rings is 1. The molecule has 1 aromatic carbocycles. The molecule has 3 fully saturated rings. The van der Waals surface area contributed by atoms with Crippen LogP contribution in [0.15, 0.2) is 12.1 Å². The lowest BCUT2D eigenvalue weighted by Gasteiger charge is -2.31. The Balaban J connectivity index is 1.64. The quantitative estimate of drug-likeness (QED) is 0.154. The first-order chi connectivity index (χ1) is 16.9. The average molecular weight is 564 g/mol. The second-order valence-electron chi connectivity index (χ2n) is 9.65. The summed E-state index contributed by atoms with van der Waals surface area (Å²) in [6.45, 7) is 0. The van der Waals surface area contributed by atoms with Gasteiger partial charge in [-0.1, -0.05) is 29.4 Å². The van der Waals surface area contributed by atoms with Crippen LogP contribution in [0, 0.1) is 17.8 Å². The van der Waals surface area contributed by atoms with Crippen molar-refractivity contribution in [2.24, 2.45) is 17.8 Å². The molecule has 3 aliphatic rings. The summed E-state index contributed by atoms with van der Waals surface area (Å²) in [6, 6.07) is 3.48. The highest BCUT2D eigenvalue weighted by atomic mass is 32.2. The van der Waals surface area contributed by atoms with E-state index >= 15 is 0 Å². The lowest BCUT2D eigenvalue weighted by Crippen LogP contribution is -2.48. The Kier molecular flexibility index (Phi) is 7.04. The summed E-state index contributed by atoms with van der Waals surface area (Å²) in [5, 5.41) is -1.53. The number of hydrogen-bond acceptors (Lipinski definition) is 9. The third-order valence-corrected chi connectivity index (χ3v) is 9.74. The molecular formula is C19H22B3F3O10S2. The molecule has 7 unspecified atom stereocenters. The summed E-state index contributed by atoms with van der Waals surface area (Å²) >= 11 is 0. The molecule has 200 valence electrons. The van der Waals surface area contributed by atoms with Crippen LogP contribution in [0.1, 0.15) is 22.3 Å². The van der Waals surface area contributed by atoms with Crippen LogP contribution in [0.3, 0.4) is 0 Å². The SMILES string of the molecule is BCc1c(B)cc(B)cc1C(=O)OC1C2CC3C1OS(=O)(=O)C3C2C(=O)OC(CS(=O)(=O)O)C(F)(F)F. The van der Waals surface area contributed by atoms with Gasteiger partial charge in [0.05, 0.1) is 11.5 Å². The molecule has 2 bridgehead atoms. The molecule has 10 nitrogen and oxygen atoms in total. The summed E-state index contributed by atoms with van der Waals surface area (Å²) in [5.41, 5.74) is 2.55. The normalized spacial score (nSPS) is 30.7. The number of hydrogen-bond donors (Lipinski definition) is 1. The van der Waals surface area contributed by atoms with Gasteiger partial charge in [-0.25, -0.2) is 4.79 Å². The van der Waals surface area contributed by atoms with Crippen molar-refractivity contribution in [3.63, 3.8) is 0 Å². The third-order valence-electron chi connectivity index (χ3n) is 7.22. The maximum Gasteiger partial charge on any atom is 0.426 e. The van der Waals surface area contributed by atoms with Crippen molar-refractivity contribution in [1.29, 1.82) is 0 Å². The van der Waals surface area contributed by atoms with Crippen LogP contribution in [0.25, 0.3) is 0 Å². The molecule has 1 heterocycles. The summed E-state index contributed by atoms with van der Waals surface area (Å²) in [4.78, 5) is 26.0. The highest BCUT2D eigenvalue weighted by Crippen LogP contribution is 2.59. The number of fused-ring (bicyclic) bond motifs is 1.